The van der Waals surface area contributed by atoms with Crippen LogP contribution in [0.2, 0.25) is 0 Å². The van der Waals surface area contributed by atoms with Crippen molar-refractivity contribution < 1.29 is 0 Å². The smallest absolute Gasteiger partial charge is 0.185 e. The molecule has 0 aromatic carbocycles. The first kappa shape index (κ1) is 17.4. The highest BCUT2D eigenvalue weighted by Gasteiger charge is 2.26. The van der Waals surface area contributed by atoms with Gasteiger partial charge < -0.3 is 14.8 Å². The third kappa shape index (κ3) is 3.81. The standard InChI is InChI=1S/C18H29N5S/c1-18(2,3)15-12-23-8-6-7-13(16(23)21-15)9-19-10-14-11-20-17(24-14)22(4)5/h11-13,19H,6-10H2,1-5H3/t13-/m0/s1. The minimum absolute atomic E-state index is 0.119. The van der Waals surface area contributed by atoms with Gasteiger partial charge in [0.25, 0.3) is 0 Å². The molecular weight excluding hydrogens is 318 g/mol. The summed E-state index contributed by atoms with van der Waals surface area (Å²) in [5.41, 5.74) is 1.33. The first-order chi connectivity index (χ1) is 11.3. The zero-order chi connectivity index (χ0) is 17.3. The minimum Gasteiger partial charge on any atom is -0.354 e. The third-order valence-electron chi connectivity index (χ3n) is 4.51. The maximum Gasteiger partial charge on any atom is 0.185 e. The summed E-state index contributed by atoms with van der Waals surface area (Å²) in [4.78, 5) is 12.7. The van der Waals surface area contributed by atoms with Crippen LogP contribution in [-0.2, 0) is 18.5 Å². The molecule has 0 aliphatic carbocycles. The predicted octanol–water partition coefficient (Wildman–Crippen LogP) is 3.37. The third-order valence-corrected chi connectivity index (χ3v) is 5.67. The molecule has 0 spiro atoms. The van der Waals surface area contributed by atoms with E-state index in [2.05, 4.69) is 46.7 Å². The van der Waals surface area contributed by atoms with Gasteiger partial charge in [-0.1, -0.05) is 20.8 Å². The molecule has 24 heavy (non-hydrogen) atoms. The van der Waals surface area contributed by atoms with Gasteiger partial charge in [-0.2, -0.15) is 0 Å². The Morgan fingerprint density at radius 3 is 2.83 bits per heavy atom. The van der Waals surface area contributed by atoms with Crippen molar-refractivity contribution in [3.05, 3.63) is 28.8 Å². The molecule has 1 aliphatic rings. The first-order valence-corrected chi connectivity index (χ1v) is 9.56. The van der Waals surface area contributed by atoms with Crippen LogP contribution in [-0.4, -0.2) is 35.2 Å². The van der Waals surface area contributed by atoms with Gasteiger partial charge >= 0.3 is 0 Å². The highest BCUT2D eigenvalue weighted by Crippen LogP contribution is 2.30. The van der Waals surface area contributed by atoms with Crippen molar-refractivity contribution in [3.8, 4) is 0 Å². The maximum atomic E-state index is 4.96. The van der Waals surface area contributed by atoms with E-state index in [9.17, 15) is 0 Å². The van der Waals surface area contributed by atoms with Gasteiger partial charge in [0.05, 0.1) is 5.69 Å². The second kappa shape index (κ2) is 6.84. The minimum atomic E-state index is 0.119. The Balaban J connectivity index is 1.61. The topological polar surface area (TPSA) is 46.0 Å². The van der Waals surface area contributed by atoms with Gasteiger partial charge in [-0.15, -0.1) is 11.3 Å². The average molecular weight is 348 g/mol. The fourth-order valence-corrected chi connectivity index (χ4v) is 3.88. The Kier molecular flexibility index (Phi) is 4.97. The molecule has 3 rings (SSSR count). The van der Waals surface area contributed by atoms with Crippen LogP contribution in [0.3, 0.4) is 0 Å². The van der Waals surface area contributed by atoms with Crippen molar-refractivity contribution in [1.82, 2.24) is 19.9 Å². The molecule has 2 aromatic heterocycles. The number of imidazole rings is 1. The van der Waals surface area contributed by atoms with Crippen molar-refractivity contribution in [2.45, 2.75) is 58.0 Å². The van der Waals surface area contributed by atoms with Crippen molar-refractivity contribution in [3.63, 3.8) is 0 Å². The molecule has 0 radical (unpaired) electrons. The molecule has 1 N–H and O–H groups in total. The Labute approximate surface area is 149 Å². The fraction of sp³-hybridized carbons (Fsp3) is 0.667. The Morgan fingerprint density at radius 2 is 2.17 bits per heavy atom. The second-order valence-corrected chi connectivity index (χ2v) is 9.00. The predicted molar refractivity (Wildman–Crippen MR) is 101 cm³/mol. The van der Waals surface area contributed by atoms with Gasteiger partial charge in [0.2, 0.25) is 0 Å². The molecule has 5 nitrogen and oxygen atoms in total. The van der Waals surface area contributed by atoms with E-state index in [1.54, 1.807) is 11.3 Å². The molecule has 0 saturated heterocycles. The zero-order valence-corrected chi connectivity index (χ0v) is 16.3. The van der Waals surface area contributed by atoms with E-state index in [0.29, 0.717) is 5.92 Å². The van der Waals surface area contributed by atoms with Gasteiger partial charge in [0.15, 0.2) is 5.13 Å². The summed E-state index contributed by atoms with van der Waals surface area (Å²) >= 11 is 1.75. The Morgan fingerprint density at radius 1 is 1.38 bits per heavy atom. The lowest BCUT2D eigenvalue weighted by molar-refractivity contribution is 0.423. The second-order valence-electron chi connectivity index (χ2n) is 7.90. The molecule has 3 heterocycles. The number of nitrogens with zero attached hydrogens (tertiary/aromatic N) is 4. The number of hydrogen-bond acceptors (Lipinski definition) is 5. The molecule has 6 heteroatoms. The zero-order valence-electron chi connectivity index (χ0n) is 15.5. The summed E-state index contributed by atoms with van der Waals surface area (Å²) in [7, 11) is 4.06. The number of nitrogens with one attached hydrogen (secondary N) is 1. The quantitative estimate of drug-likeness (QED) is 0.901. The van der Waals surface area contributed by atoms with Crippen LogP contribution in [0.15, 0.2) is 12.4 Å². The Hall–Kier alpha value is -1.40. The Bertz CT molecular complexity index is 680. The number of thiazole rings is 1. The lowest BCUT2D eigenvalue weighted by atomic mass is 9.93. The summed E-state index contributed by atoms with van der Waals surface area (Å²) in [6.45, 7) is 9.68. The molecule has 1 atom stereocenters. The lowest BCUT2D eigenvalue weighted by Crippen LogP contribution is -2.26. The van der Waals surface area contributed by atoms with Gasteiger partial charge in [-0.25, -0.2) is 9.97 Å². The number of hydrogen-bond donors (Lipinski definition) is 1. The van der Waals surface area contributed by atoms with Gasteiger partial charge in [0.1, 0.15) is 5.82 Å². The van der Waals surface area contributed by atoms with Gasteiger partial charge in [-0.3, -0.25) is 0 Å². The van der Waals surface area contributed by atoms with Crippen LogP contribution >= 0.6 is 11.3 Å². The molecule has 0 bridgehead atoms. The van der Waals surface area contributed by atoms with E-state index in [1.807, 2.05) is 20.3 Å². The van der Waals surface area contributed by atoms with Crippen molar-refractivity contribution in [2.75, 3.05) is 25.5 Å². The summed E-state index contributed by atoms with van der Waals surface area (Å²) in [6, 6.07) is 0. The van der Waals surface area contributed by atoms with Crippen molar-refractivity contribution >= 4 is 16.5 Å². The van der Waals surface area contributed by atoms with Gasteiger partial charge in [0, 0.05) is 62.3 Å². The highest BCUT2D eigenvalue weighted by molar-refractivity contribution is 7.15. The van der Waals surface area contributed by atoms with E-state index in [1.165, 1.54) is 29.2 Å². The van der Waals surface area contributed by atoms with Crippen molar-refractivity contribution in [1.29, 1.82) is 0 Å². The molecule has 0 fully saturated rings. The number of rotatable bonds is 5. The van der Waals surface area contributed by atoms with Crippen LogP contribution in [0.5, 0.6) is 0 Å². The monoisotopic (exact) mass is 347 g/mol. The van der Waals surface area contributed by atoms with Crippen LogP contribution in [0.25, 0.3) is 0 Å². The number of aromatic nitrogens is 3. The summed E-state index contributed by atoms with van der Waals surface area (Å²) in [6.07, 6.45) is 6.70. The normalized spacial score (nSPS) is 17.8. The number of aryl methyl sites for hydroxylation is 1. The van der Waals surface area contributed by atoms with Crippen molar-refractivity contribution in [2.24, 2.45) is 0 Å². The van der Waals surface area contributed by atoms with E-state index >= 15 is 0 Å². The molecule has 2 aromatic rings. The molecule has 0 unspecified atom stereocenters. The van der Waals surface area contributed by atoms with Gasteiger partial charge in [-0.05, 0) is 12.8 Å². The number of anilines is 1. The summed E-state index contributed by atoms with van der Waals surface area (Å²) in [5.74, 6) is 1.77. The summed E-state index contributed by atoms with van der Waals surface area (Å²) < 4.78 is 2.37. The SMILES string of the molecule is CN(C)c1ncc(CNC[C@@H]2CCCn3cc(C(C)(C)C)nc32)s1. The number of fused-ring (bicyclic) bond motifs is 1. The van der Waals surface area contributed by atoms with Crippen LogP contribution in [0, 0.1) is 0 Å². The van der Waals surface area contributed by atoms with Crippen LogP contribution in [0.1, 0.15) is 55.9 Å². The highest BCUT2D eigenvalue weighted by atomic mass is 32.1. The van der Waals surface area contributed by atoms with E-state index in [0.717, 1.165) is 24.8 Å². The maximum absolute atomic E-state index is 4.96. The van der Waals surface area contributed by atoms with Crippen LogP contribution in [0.4, 0.5) is 5.13 Å². The first-order valence-electron chi connectivity index (χ1n) is 8.75. The molecule has 0 saturated carbocycles. The molecule has 1 aliphatic heterocycles. The van der Waals surface area contributed by atoms with E-state index in [-0.39, 0.29) is 5.41 Å². The largest absolute Gasteiger partial charge is 0.354 e. The lowest BCUT2D eigenvalue weighted by Gasteiger charge is -2.23. The molecule has 132 valence electrons. The van der Waals surface area contributed by atoms with Crippen LogP contribution < -0.4 is 10.2 Å². The van der Waals surface area contributed by atoms with E-state index in [4.69, 9.17) is 4.98 Å². The summed E-state index contributed by atoms with van der Waals surface area (Å²) in [5, 5.41) is 4.68. The fourth-order valence-electron chi connectivity index (χ4n) is 3.08. The van der Waals surface area contributed by atoms with E-state index < -0.39 is 0 Å². The molecular formula is C18H29N5S. The average Bonchev–Trinajstić information content (AvgIpc) is 3.13. The molecule has 0 amide bonds.